The van der Waals surface area contributed by atoms with Crippen LogP contribution in [-0.2, 0) is 9.47 Å². The molecule has 1 aliphatic carbocycles. The van der Waals surface area contributed by atoms with E-state index in [1.807, 2.05) is 0 Å². The molecule has 0 bridgehead atoms. The van der Waals surface area contributed by atoms with Crippen molar-refractivity contribution in [3.63, 3.8) is 0 Å². The molecule has 4 nitrogen and oxygen atoms in total. The van der Waals surface area contributed by atoms with Gasteiger partial charge in [0.05, 0.1) is 25.9 Å². The van der Waals surface area contributed by atoms with Crippen LogP contribution in [0.3, 0.4) is 0 Å². The first-order chi connectivity index (χ1) is 7.74. The summed E-state index contributed by atoms with van der Waals surface area (Å²) in [5, 5.41) is 13.1. The molecule has 0 aliphatic heterocycles. The van der Waals surface area contributed by atoms with Crippen LogP contribution in [0.1, 0.15) is 26.2 Å². The van der Waals surface area contributed by atoms with E-state index in [1.54, 1.807) is 7.11 Å². The summed E-state index contributed by atoms with van der Waals surface area (Å²) >= 11 is 0. The number of hydrogen-bond acceptors (Lipinski definition) is 4. The third-order valence-electron chi connectivity index (χ3n) is 3.22. The molecule has 1 aliphatic rings. The lowest BCUT2D eigenvalue weighted by Crippen LogP contribution is -2.38. The fraction of sp³-hybridized carbons (Fsp3) is 1.00. The highest BCUT2D eigenvalue weighted by Gasteiger charge is 2.23. The van der Waals surface area contributed by atoms with E-state index < -0.39 is 6.10 Å². The molecule has 96 valence electrons. The second-order valence-corrected chi connectivity index (χ2v) is 4.64. The lowest BCUT2D eigenvalue weighted by Gasteiger charge is -2.19. The molecule has 0 aromatic carbocycles. The first kappa shape index (κ1) is 13.9. The zero-order valence-electron chi connectivity index (χ0n) is 10.4. The standard InChI is InChI=1S/C12H25NO3/c1-10-4-3-5-12(10)13-8-11(14)9-16-7-6-15-2/h10-14H,3-9H2,1-2H3. The van der Waals surface area contributed by atoms with Gasteiger partial charge in [0.2, 0.25) is 0 Å². The van der Waals surface area contributed by atoms with E-state index in [-0.39, 0.29) is 0 Å². The van der Waals surface area contributed by atoms with Crippen LogP contribution in [0.4, 0.5) is 0 Å². The quantitative estimate of drug-likeness (QED) is 0.606. The molecule has 0 aromatic heterocycles. The smallest absolute Gasteiger partial charge is 0.0897 e. The first-order valence-corrected chi connectivity index (χ1v) is 6.22. The Kier molecular flexibility index (Phi) is 6.96. The number of ether oxygens (including phenoxy) is 2. The van der Waals surface area contributed by atoms with Crippen LogP contribution in [-0.4, -0.2) is 50.7 Å². The molecular formula is C12H25NO3. The van der Waals surface area contributed by atoms with Gasteiger partial charge < -0.3 is 19.9 Å². The SMILES string of the molecule is COCCOCC(O)CNC1CCCC1C. The van der Waals surface area contributed by atoms with Gasteiger partial charge in [-0.05, 0) is 18.8 Å². The summed E-state index contributed by atoms with van der Waals surface area (Å²) in [6.07, 6.45) is 3.43. The number of aliphatic hydroxyl groups is 1. The van der Waals surface area contributed by atoms with Crippen LogP contribution in [0.25, 0.3) is 0 Å². The fourth-order valence-corrected chi connectivity index (χ4v) is 2.16. The molecule has 3 atom stereocenters. The highest BCUT2D eigenvalue weighted by molar-refractivity contribution is 4.80. The predicted octanol–water partition coefficient (Wildman–Crippen LogP) is 0.788. The molecule has 1 fully saturated rings. The van der Waals surface area contributed by atoms with Crippen molar-refractivity contribution in [1.82, 2.24) is 5.32 Å². The van der Waals surface area contributed by atoms with E-state index >= 15 is 0 Å². The van der Waals surface area contributed by atoms with Crippen molar-refractivity contribution in [2.45, 2.75) is 38.3 Å². The van der Waals surface area contributed by atoms with E-state index in [9.17, 15) is 5.11 Å². The van der Waals surface area contributed by atoms with Crippen LogP contribution in [0.2, 0.25) is 0 Å². The van der Waals surface area contributed by atoms with Gasteiger partial charge in [0.1, 0.15) is 0 Å². The molecule has 1 rings (SSSR count). The second-order valence-electron chi connectivity index (χ2n) is 4.64. The summed E-state index contributed by atoms with van der Waals surface area (Å²) in [6, 6.07) is 0.577. The third kappa shape index (κ3) is 5.25. The van der Waals surface area contributed by atoms with E-state index in [2.05, 4.69) is 12.2 Å². The maximum Gasteiger partial charge on any atom is 0.0897 e. The van der Waals surface area contributed by atoms with Crippen molar-refractivity contribution in [2.75, 3.05) is 33.5 Å². The summed E-state index contributed by atoms with van der Waals surface area (Å²) in [5.41, 5.74) is 0. The Morgan fingerprint density at radius 2 is 2.19 bits per heavy atom. The Balaban J connectivity index is 1.99. The van der Waals surface area contributed by atoms with Gasteiger partial charge in [0, 0.05) is 19.7 Å². The lowest BCUT2D eigenvalue weighted by molar-refractivity contribution is 0.0126. The second kappa shape index (κ2) is 8.01. The summed E-state index contributed by atoms with van der Waals surface area (Å²) in [7, 11) is 1.64. The monoisotopic (exact) mass is 231 g/mol. The molecule has 2 N–H and O–H groups in total. The molecule has 0 radical (unpaired) electrons. The van der Waals surface area contributed by atoms with Crippen molar-refractivity contribution in [2.24, 2.45) is 5.92 Å². The lowest BCUT2D eigenvalue weighted by atomic mass is 10.1. The zero-order valence-corrected chi connectivity index (χ0v) is 10.4. The average Bonchev–Trinajstić information content (AvgIpc) is 2.67. The largest absolute Gasteiger partial charge is 0.389 e. The Morgan fingerprint density at radius 1 is 1.38 bits per heavy atom. The van der Waals surface area contributed by atoms with Crippen molar-refractivity contribution >= 4 is 0 Å². The Hall–Kier alpha value is -0.160. The van der Waals surface area contributed by atoms with Gasteiger partial charge in [0.15, 0.2) is 0 Å². The molecule has 4 heteroatoms. The van der Waals surface area contributed by atoms with E-state index in [1.165, 1.54) is 19.3 Å². The molecule has 0 saturated heterocycles. The first-order valence-electron chi connectivity index (χ1n) is 6.22. The Morgan fingerprint density at radius 3 is 2.81 bits per heavy atom. The van der Waals surface area contributed by atoms with Gasteiger partial charge >= 0.3 is 0 Å². The third-order valence-corrected chi connectivity index (χ3v) is 3.22. The van der Waals surface area contributed by atoms with Gasteiger partial charge in [-0.1, -0.05) is 13.3 Å². The number of aliphatic hydroxyl groups excluding tert-OH is 1. The normalized spacial score (nSPS) is 27.2. The number of hydrogen-bond donors (Lipinski definition) is 2. The average molecular weight is 231 g/mol. The van der Waals surface area contributed by atoms with Crippen LogP contribution in [0.5, 0.6) is 0 Å². The van der Waals surface area contributed by atoms with E-state index in [0.717, 1.165) is 5.92 Å². The van der Waals surface area contributed by atoms with Crippen molar-refractivity contribution < 1.29 is 14.6 Å². The fourth-order valence-electron chi connectivity index (χ4n) is 2.16. The maximum absolute atomic E-state index is 9.67. The Bertz CT molecular complexity index is 178. The molecule has 3 unspecified atom stereocenters. The minimum Gasteiger partial charge on any atom is -0.389 e. The van der Waals surface area contributed by atoms with Gasteiger partial charge in [-0.3, -0.25) is 0 Å². The molecular weight excluding hydrogens is 206 g/mol. The number of methoxy groups -OCH3 is 1. The molecule has 0 aromatic rings. The van der Waals surface area contributed by atoms with Crippen molar-refractivity contribution in [3.05, 3.63) is 0 Å². The molecule has 16 heavy (non-hydrogen) atoms. The highest BCUT2D eigenvalue weighted by atomic mass is 16.5. The van der Waals surface area contributed by atoms with Crippen molar-refractivity contribution in [1.29, 1.82) is 0 Å². The molecule has 0 heterocycles. The summed E-state index contributed by atoms with van der Waals surface area (Å²) in [5.74, 6) is 0.738. The molecule has 0 spiro atoms. The summed E-state index contributed by atoms with van der Waals surface area (Å²) in [6.45, 7) is 4.42. The number of rotatable bonds is 8. The highest BCUT2D eigenvalue weighted by Crippen LogP contribution is 2.24. The minimum absolute atomic E-state index is 0.386. The van der Waals surface area contributed by atoms with Crippen LogP contribution < -0.4 is 5.32 Å². The van der Waals surface area contributed by atoms with Gasteiger partial charge in [-0.15, -0.1) is 0 Å². The number of nitrogens with one attached hydrogen (secondary N) is 1. The van der Waals surface area contributed by atoms with Gasteiger partial charge in [-0.25, -0.2) is 0 Å². The van der Waals surface area contributed by atoms with Gasteiger partial charge in [0.25, 0.3) is 0 Å². The summed E-state index contributed by atoms with van der Waals surface area (Å²) < 4.78 is 10.1. The summed E-state index contributed by atoms with van der Waals surface area (Å²) in [4.78, 5) is 0. The Labute approximate surface area is 98.3 Å². The van der Waals surface area contributed by atoms with Crippen LogP contribution >= 0.6 is 0 Å². The van der Waals surface area contributed by atoms with Crippen LogP contribution in [0.15, 0.2) is 0 Å². The van der Waals surface area contributed by atoms with Crippen LogP contribution in [0, 0.1) is 5.92 Å². The zero-order chi connectivity index (χ0) is 11.8. The van der Waals surface area contributed by atoms with E-state index in [0.29, 0.717) is 32.4 Å². The predicted molar refractivity (Wildman–Crippen MR) is 63.5 cm³/mol. The van der Waals surface area contributed by atoms with Crippen molar-refractivity contribution in [3.8, 4) is 0 Å². The minimum atomic E-state index is -0.412. The molecule has 1 saturated carbocycles. The maximum atomic E-state index is 9.67. The molecule has 0 amide bonds. The topological polar surface area (TPSA) is 50.7 Å². The van der Waals surface area contributed by atoms with Gasteiger partial charge in [-0.2, -0.15) is 0 Å². The van der Waals surface area contributed by atoms with E-state index in [4.69, 9.17) is 9.47 Å².